The fraction of sp³-hybridized carbons (Fsp3) is 1.00. The quantitative estimate of drug-likeness (QED) is 0.0626. The monoisotopic (exact) mass is 906 g/mol. The van der Waals surface area contributed by atoms with E-state index in [1.807, 2.05) is 0 Å². The molecule has 0 heterocycles. The topological polar surface area (TPSA) is 103 Å². The molecule has 7 nitrogen and oxygen atoms in total. The van der Waals surface area contributed by atoms with Crippen LogP contribution in [-0.2, 0) is 20.1 Å². The first-order valence-electron chi connectivity index (χ1n) is 12.9. The van der Waals surface area contributed by atoms with Gasteiger partial charge < -0.3 is 9.04 Å². The van der Waals surface area contributed by atoms with Crippen molar-refractivity contribution in [3.8, 4) is 0 Å². The molecule has 0 aliphatic heterocycles. The van der Waals surface area contributed by atoms with Crippen LogP contribution in [0.2, 0.25) is 0 Å². The maximum Gasteiger partial charge on any atom is 0.460 e. The predicted octanol–water partition coefficient (Wildman–Crippen LogP) is 6.82. The summed E-state index contributed by atoms with van der Waals surface area (Å²) in [6, 6.07) is 0. The van der Waals surface area contributed by atoms with E-state index < -0.39 is 127 Å². The van der Waals surface area contributed by atoms with Crippen molar-refractivity contribution in [2.24, 2.45) is 0 Å². The molecular formula is C20H19F25N2O5S2. The van der Waals surface area contributed by atoms with Gasteiger partial charge in [0.25, 0.3) is 10.0 Å². The first kappa shape index (κ1) is 52.0. The van der Waals surface area contributed by atoms with Crippen molar-refractivity contribution < 1.29 is 136 Å². The van der Waals surface area contributed by atoms with Crippen molar-refractivity contribution in [1.82, 2.24) is 4.72 Å². The molecule has 326 valence electrons. The van der Waals surface area contributed by atoms with Crippen LogP contribution in [-0.4, -0.2) is 136 Å². The van der Waals surface area contributed by atoms with Crippen LogP contribution in [0.25, 0.3) is 0 Å². The lowest BCUT2D eigenvalue weighted by molar-refractivity contribution is -0.890. The van der Waals surface area contributed by atoms with Gasteiger partial charge in [0, 0.05) is 25.1 Å². The number of sulfonamides is 1. The Labute approximate surface area is 284 Å². The summed E-state index contributed by atoms with van der Waals surface area (Å²) in [5.41, 5.74) is 0. The number of nitrogens with one attached hydrogen (secondary N) is 1. The van der Waals surface area contributed by atoms with Crippen molar-refractivity contribution in [1.29, 1.82) is 0 Å². The Morgan fingerprint density at radius 2 is 0.704 bits per heavy atom. The summed E-state index contributed by atoms with van der Waals surface area (Å²) in [5, 5.41) is -8.02. The Morgan fingerprint density at radius 1 is 0.444 bits per heavy atom. The molecule has 0 aliphatic rings. The molecule has 0 bridgehead atoms. The highest BCUT2D eigenvalue weighted by atomic mass is 32.2. The average molecular weight is 906 g/mol. The van der Waals surface area contributed by atoms with Crippen LogP contribution in [0.3, 0.4) is 0 Å². The molecule has 0 unspecified atom stereocenters. The van der Waals surface area contributed by atoms with Crippen LogP contribution in [0.1, 0.15) is 12.8 Å². The Kier molecular flexibility index (Phi) is 13.6. The van der Waals surface area contributed by atoms with Crippen LogP contribution < -0.4 is 4.72 Å². The number of alkyl halides is 25. The molecule has 0 saturated carbocycles. The van der Waals surface area contributed by atoms with E-state index >= 15 is 0 Å². The van der Waals surface area contributed by atoms with Crippen molar-refractivity contribution in [2.45, 2.75) is 83.5 Å². The van der Waals surface area contributed by atoms with E-state index in [4.69, 9.17) is 0 Å². The predicted molar refractivity (Wildman–Crippen MR) is 123 cm³/mol. The standard InChI is InChI=1S/C20H19F25N2O5S2/c1-47(2,7-4-8-53(48,49)50)6-3-5-46-54(51,52)20(44,45)18(39,40)16(35,36)14(31,32)12(27,28)10(23,24)9(21,22)11(25,26)13(29,30)15(33,34)17(37,38)19(41,42)43/h46H,3-8H2,1-2H3. The molecule has 0 atom stereocenters. The third kappa shape index (κ3) is 7.95. The van der Waals surface area contributed by atoms with Gasteiger partial charge in [-0.05, 0) is 0 Å². The van der Waals surface area contributed by atoms with Crippen molar-refractivity contribution in [3.63, 3.8) is 0 Å². The van der Waals surface area contributed by atoms with Crippen LogP contribution in [0.5, 0.6) is 0 Å². The first-order chi connectivity index (χ1) is 22.9. The van der Waals surface area contributed by atoms with Gasteiger partial charge in [-0.25, -0.2) is 21.6 Å². The average Bonchev–Trinajstić information content (AvgIpc) is 2.92. The molecular weight excluding hydrogens is 887 g/mol. The van der Waals surface area contributed by atoms with Gasteiger partial charge in [0.05, 0.1) is 37.3 Å². The molecule has 1 N–H and O–H groups in total. The molecule has 0 saturated heterocycles. The van der Waals surface area contributed by atoms with Gasteiger partial charge >= 0.3 is 70.7 Å². The highest BCUT2D eigenvalue weighted by molar-refractivity contribution is 7.90. The van der Waals surface area contributed by atoms with E-state index in [1.165, 1.54) is 0 Å². The van der Waals surface area contributed by atoms with Crippen LogP contribution in [0.15, 0.2) is 0 Å². The Morgan fingerprint density at radius 3 is 0.981 bits per heavy atom. The van der Waals surface area contributed by atoms with Crippen molar-refractivity contribution >= 4 is 20.1 Å². The van der Waals surface area contributed by atoms with Crippen LogP contribution >= 0.6 is 0 Å². The summed E-state index contributed by atoms with van der Waals surface area (Å²) < 4.78 is 394. The number of rotatable bonds is 20. The van der Waals surface area contributed by atoms with Gasteiger partial charge in [-0.1, -0.05) is 0 Å². The molecule has 0 radical (unpaired) electrons. The normalized spacial score (nSPS) is 16.6. The summed E-state index contributed by atoms with van der Waals surface area (Å²) in [6.45, 7) is -2.54. The first-order valence-corrected chi connectivity index (χ1v) is 15.9. The van der Waals surface area contributed by atoms with E-state index in [0.29, 0.717) is 4.72 Å². The zero-order valence-corrected chi connectivity index (χ0v) is 27.1. The summed E-state index contributed by atoms with van der Waals surface area (Å²) in [4.78, 5) is 0. The largest absolute Gasteiger partial charge is 0.748 e. The third-order valence-corrected chi connectivity index (χ3v) is 9.30. The summed E-state index contributed by atoms with van der Waals surface area (Å²) in [5.74, 6) is -95.1. The van der Waals surface area contributed by atoms with Crippen molar-refractivity contribution in [2.75, 3.05) is 39.5 Å². The number of quaternary nitrogens is 1. The van der Waals surface area contributed by atoms with Gasteiger partial charge in [-0.2, -0.15) is 110 Å². The van der Waals surface area contributed by atoms with Gasteiger partial charge in [0.15, 0.2) is 0 Å². The minimum absolute atomic E-state index is 0.306. The SMILES string of the molecule is C[N+](C)(CCCNS(=O)(=O)C(F)(F)C(F)(F)C(F)(F)C(F)(F)C(F)(F)C(F)(F)C(F)(F)C(F)(F)C(F)(F)C(F)(F)C(F)(F)C(F)(F)F)CCCS(=O)(=O)[O-]. The van der Waals surface area contributed by atoms with Crippen molar-refractivity contribution in [3.05, 3.63) is 0 Å². The molecule has 0 aliphatic carbocycles. The molecule has 0 aromatic heterocycles. The smallest absolute Gasteiger partial charge is 0.460 e. The maximum absolute atomic E-state index is 14.2. The van der Waals surface area contributed by atoms with Gasteiger partial charge in [-0.3, -0.25) is 0 Å². The van der Waals surface area contributed by atoms with Crippen LogP contribution in [0.4, 0.5) is 110 Å². The minimum Gasteiger partial charge on any atom is -0.748 e. The second-order valence-corrected chi connectivity index (χ2v) is 14.8. The molecule has 0 fully saturated rings. The molecule has 34 heteroatoms. The lowest BCUT2D eigenvalue weighted by Gasteiger charge is -2.45. The number of hydrogen-bond acceptors (Lipinski definition) is 5. The molecule has 54 heavy (non-hydrogen) atoms. The Bertz CT molecular complexity index is 1560. The van der Waals surface area contributed by atoms with Gasteiger partial charge in [-0.15, -0.1) is 0 Å². The zero-order chi connectivity index (χ0) is 44.4. The molecule has 0 amide bonds. The van der Waals surface area contributed by atoms with E-state index in [-0.39, 0.29) is 6.54 Å². The lowest BCUT2D eigenvalue weighted by Crippen LogP contribution is -2.78. The summed E-state index contributed by atoms with van der Waals surface area (Å²) in [6.07, 6.45) is -9.61. The number of hydrogen-bond donors (Lipinski definition) is 1. The molecule has 0 aromatic rings. The zero-order valence-electron chi connectivity index (χ0n) is 25.5. The fourth-order valence-electron chi connectivity index (χ4n) is 3.69. The summed E-state index contributed by atoms with van der Waals surface area (Å²) >= 11 is 0. The third-order valence-electron chi connectivity index (χ3n) is 7.00. The number of halogens is 25. The van der Waals surface area contributed by atoms with Crippen LogP contribution in [0, 0.1) is 0 Å². The second kappa shape index (κ2) is 14.1. The summed E-state index contributed by atoms with van der Waals surface area (Å²) in [7, 11) is -10.2. The van der Waals surface area contributed by atoms with E-state index in [1.54, 1.807) is 0 Å². The fourth-order valence-corrected chi connectivity index (χ4v) is 5.23. The van der Waals surface area contributed by atoms with E-state index in [0.717, 1.165) is 14.1 Å². The minimum atomic E-state index is -9.78. The Hall–Kier alpha value is -1.97. The van der Waals surface area contributed by atoms with Gasteiger partial charge in [0.1, 0.15) is 0 Å². The second-order valence-electron chi connectivity index (χ2n) is 11.5. The highest BCUT2D eigenvalue weighted by Gasteiger charge is 3.00. The molecule has 0 aromatic carbocycles. The Balaban J connectivity index is 6.86. The molecule has 0 spiro atoms. The highest BCUT2D eigenvalue weighted by Crippen LogP contribution is 2.68. The maximum atomic E-state index is 14.2. The van der Waals surface area contributed by atoms with E-state index in [9.17, 15) is 131 Å². The molecule has 0 rings (SSSR count). The lowest BCUT2D eigenvalue weighted by atomic mass is 9.85. The number of nitrogens with zero attached hydrogens (tertiary/aromatic N) is 1. The van der Waals surface area contributed by atoms with E-state index in [2.05, 4.69) is 0 Å². The van der Waals surface area contributed by atoms with Gasteiger partial charge in [0.2, 0.25) is 0 Å².